The van der Waals surface area contributed by atoms with Crippen LogP contribution >= 0.6 is 22.7 Å². The van der Waals surface area contributed by atoms with Gasteiger partial charge in [0.25, 0.3) is 0 Å². The van der Waals surface area contributed by atoms with Crippen molar-refractivity contribution in [2.75, 3.05) is 0 Å². The SMILES string of the molecule is CCCCCCCCCCCCc1ccc(-c2ccc(C=Cc3ccc(-c4ccc(CCCCCCCCCCCC)s4)cc3)cc2)s1. The second-order valence-electron chi connectivity index (χ2n) is 14.0. The van der Waals surface area contributed by atoms with Crippen LogP contribution in [-0.4, -0.2) is 0 Å². The summed E-state index contributed by atoms with van der Waals surface area (Å²) in [5.74, 6) is 0. The Labute approximate surface area is 303 Å². The van der Waals surface area contributed by atoms with E-state index in [-0.39, 0.29) is 0 Å². The van der Waals surface area contributed by atoms with E-state index in [9.17, 15) is 0 Å². The summed E-state index contributed by atoms with van der Waals surface area (Å²) in [6, 6.07) is 27.5. The topological polar surface area (TPSA) is 0 Å². The number of hydrogen-bond acceptors (Lipinski definition) is 2. The van der Waals surface area contributed by atoms with E-state index in [1.165, 1.54) is 183 Å². The predicted molar refractivity (Wildman–Crippen MR) is 220 cm³/mol. The third-order valence-electron chi connectivity index (χ3n) is 9.74. The Kier molecular flexibility index (Phi) is 19.1. The van der Waals surface area contributed by atoms with E-state index in [4.69, 9.17) is 0 Å². The third-order valence-corrected chi connectivity index (χ3v) is 12.1. The minimum Gasteiger partial charge on any atom is -0.140 e. The highest BCUT2D eigenvalue weighted by Gasteiger charge is 2.05. The van der Waals surface area contributed by atoms with E-state index in [2.05, 4.69) is 98.8 Å². The fourth-order valence-electron chi connectivity index (χ4n) is 6.62. The first kappa shape index (κ1) is 38.4. The van der Waals surface area contributed by atoms with Gasteiger partial charge >= 0.3 is 0 Å². The van der Waals surface area contributed by atoms with Crippen LogP contribution in [0.1, 0.15) is 163 Å². The Morgan fingerprint density at radius 3 is 1.00 bits per heavy atom. The van der Waals surface area contributed by atoms with E-state index in [1.54, 1.807) is 0 Å². The van der Waals surface area contributed by atoms with Crippen molar-refractivity contribution in [3.63, 3.8) is 0 Å². The lowest BCUT2D eigenvalue weighted by molar-refractivity contribution is 0.557. The first-order valence-corrected chi connectivity index (χ1v) is 21.4. The lowest BCUT2D eigenvalue weighted by atomic mass is 10.1. The van der Waals surface area contributed by atoms with Gasteiger partial charge in [-0.2, -0.15) is 0 Å². The minimum absolute atomic E-state index is 1.23. The molecule has 2 aromatic carbocycles. The molecule has 4 rings (SSSR count). The minimum atomic E-state index is 1.23. The number of aryl methyl sites for hydroxylation is 2. The molecule has 0 spiro atoms. The molecule has 0 unspecified atom stereocenters. The maximum absolute atomic E-state index is 2.35. The highest BCUT2D eigenvalue weighted by molar-refractivity contribution is 7.15. The molecular weight excluding hydrogens is 617 g/mol. The molecule has 0 fully saturated rings. The standard InChI is InChI=1S/C46H64S2/c1-3-5-7-9-11-13-15-17-19-21-23-43-35-37-45(47-43)41-31-27-39(28-32-41)25-26-40-29-33-42(34-30-40)46-38-36-44(48-46)24-22-20-18-16-14-12-10-8-6-4-2/h25-38H,3-24H2,1-2H3. The Hall–Kier alpha value is -2.42. The predicted octanol–water partition coefficient (Wildman–Crippen LogP) is 16.2. The normalized spacial score (nSPS) is 11.6. The van der Waals surface area contributed by atoms with Gasteiger partial charge in [0.1, 0.15) is 0 Å². The highest BCUT2D eigenvalue weighted by atomic mass is 32.1. The molecule has 0 N–H and O–H groups in total. The molecule has 260 valence electrons. The average Bonchev–Trinajstić information content (AvgIpc) is 3.80. The van der Waals surface area contributed by atoms with E-state index < -0.39 is 0 Å². The fourth-order valence-corrected chi connectivity index (χ4v) is 8.73. The molecule has 48 heavy (non-hydrogen) atoms. The molecule has 0 aliphatic heterocycles. The Morgan fingerprint density at radius 2 is 0.667 bits per heavy atom. The summed E-state index contributed by atoms with van der Waals surface area (Å²) in [6.45, 7) is 4.59. The summed E-state index contributed by atoms with van der Waals surface area (Å²) in [7, 11) is 0. The molecule has 0 atom stereocenters. The van der Waals surface area contributed by atoms with Crippen molar-refractivity contribution >= 4 is 34.8 Å². The van der Waals surface area contributed by atoms with Gasteiger partial charge in [-0.05, 0) is 72.2 Å². The lowest BCUT2D eigenvalue weighted by Gasteiger charge is -2.02. The summed E-state index contributed by atoms with van der Waals surface area (Å²) in [5.41, 5.74) is 5.17. The average molecular weight is 681 g/mol. The molecule has 0 aliphatic rings. The zero-order chi connectivity index (χ0) is 33.5. The van der Waals surface area contributed by atoms with Crippen molar-refractivity contribution in [1.29, 1.82) is 0 Å². The van der Waals surface area contributed by atoms with Crippen molar-refractivity contribution in [3.05, 3.63) is 93.7 Å². The summed E-state index contributed by atoms with van der Waals surface area (Å²) in [6.07, 6.45) is 35.0. The Bertz CT molecular complexity index is 1280. The van der Waals surface area contributed by atoms with E-state index in [1.807, 2.05) is 22.7 Å². The molecule has 4 aromatic rings. The van der Waals surface area contributed by atoms with Gasteiger partial charge < -0.3 is 0 Å². The van der Waals surface area contributed by atoms with E-state index >= 15 is 0 Å². The van der Waals surface area contributed by atoms with Crippen LogP contribution < -0.4 is 0 Å². The van der Waals surface area contributed by atoms with Gasteiger partial charge in [0.15, 0.2) is 0 Å². The largest absolute Gasteiger partial charge is 0.140 e. The summed E-state index contributed by atoms with van der Waals surface area (Å²) < 4.78 is 0. The maximum Gasteiger partial charge on any atom is 0.0345 e. The summed E-state index contributed by atoms with van der Waals surface area (Å²) in [5, 5.41) is 0. The molecule has 0 saturated heterocycles. The molecule has 0 radical (unpaired) electrons. The van der Waals surface area contributed by atoms with Gasteiger partial charge in [0, 0.05) is 19.5 Å². The molecule has 0 aliphatic carbocycles. The first-order chi connectivity index (χ1) is 23.7. The molecule has 0 saturated carbocycles. The molecular formula is C46H64S2. The first-order valence-electron chi connectivity index (χ1n) is 19.8. The molecule has 2 aromatic heterocycles. The smallest absolute Gasteiger partial charge is 0.0345 e. The summed E-state index contributed by atoms with van der Waals surface area (Å²) in [4.78, 5) is 5.85. The van der Waals surface area contributed by atoms with Crippen molar-refractivity contribution in [1.82, 2.24) is 0 Å². The van der Waals surface area contributed by atoms with Gasteiger partial charge in [0.2, 0.25) is 0 Å². The monoisotopic (exact) mass is 680 g/mol. The van der Waals surface area contributed by atoms with Crippen LogP contribution in [0.3, 0.4) is 0 Å². The van der Waals surface area contributed by atoms with Crippen LogP contribution in [0.15, 0.2) is 72.8 Å². The van der Waals surface area contributed by atoms with Crippen molar-refractivity contribution < 1.29 is 0 Å². The zero-order valence-corrected chi connectivity index (χ0v) is 32.1. The van der Waals surface area contributed by atoms with Gasteiger partial charge in [-0.1, -0.05) is 190 Å². The number of hydrogen-bond donors (Lipinski definition) is 0. The quantitative estimate of drug-likeness (QED) is 0.0457. The van der Waals surface area contributed by atoms with Crippen LogP contribution in [-0.2, 0) is 12.8 Å². The van der Waals surface area contributed by atoms with Crippen molar-refractivity contribution in [2.45, 2.75) is 155 Å². The Balaban J connectivity index is 1.12. The number of rotatable bonds is 26. The number of unbranched alkanes of at least 4 members (excludes halogenated alkanes) is 18. The maximum atomic E-state index is 2.35. The fraction of sp³-hybridized carbons (Fsp3) is 0.522. The lowest BCUT2D eigenvalue weighted by Crippen LogP contribution is -1.84. The Morgan fingerprint density at radius 1 is 0.354 bits per heavy atom. The summed E-state index contributed by atoms with van der Waals surface area (Å²) >= 11 is 3.95. The van der Waals surface area contributed by atoms with Gasteiger partial charge in [0.05, 0.1) is 0 Å². The molecule has 0 nitrogen and oxygen atoms in total. The van der Waals surface area contributed by atoms with Crippen LogP contribution in [0.25, 0.3) is 33.0 Å². The third kappa shape index (κ3) is 15.0. The number of benzene rings is 2. The van der Waals surface area contributed by atoms with E-state index in [0.29, 0.717) is 0 Å². The molecule has 0 bridgehead atoms. The molecule has 0 amide bonds. The number of thiophene rings is 2. The second-order valence-corrected chi connectivity index (χ2v) is 16.3. The highest BCUT2D eigenvalue weighted by Crippen LogP contribution is 2.31. The van der Waals surface area contributed by atoms with Crippen molar-refractivity contribution in [3.8, 4) is 20.9 Å². The van der Waals surface area contributed by atoms with Gasteiger partial charge in [-0.25, -0.2) is 0 Å². The van der Waals surface area contributed by atoms with Crippen molar-refractivity contribution in [2.24, 2.45) is 0 Å². The molecule has 2 heterocycles. The van der Waals surface area contributed by atoms with Crippen LogP contribution in [0.5, 0.6) is 0 Å². The van der Waals surface area contributed by atoms with Crippen LogP contribution in [0.2, 0.25) is 0 Å². The molecule has 2 heteroatoms. The van der Waals surface area contributed by atoms with Gasteiger partial charge in [-0.3, -0.25) is 0 Å². The second kappa shape index (κ2) is 23.9. The zero-order valence-electron chi connectivity index (χ0n) is 30.5. The van der Waals surface area contributed by atoms with Crippen LogP contribution in [0.4, 0.5) is 0 Å². The van der Waals surface area contributed by atoms with Crippen LogP contribution in [0, 0.1) is 0 Å². The van der Waals surface area contributed by atoms with E-state index in [0.717, 1.165) is 0 Å². The van der Waals surface area contributed by atoms with Gasteiger partial charge in [-0.15, -0.1) is 22.7 Å².